The highest BCUT2D eigenvalue weighted by Gasteiger charge is 2.20. The largest absolute Gasteiger partial charge is 0.462 e. The third-order valence-corrected chi connectivity index (χ3v) is 4.54. The van der Waals surface area contributed by atoms with Crippen LogP contribution in [-0.2, 0) is 19.6 Å². The fourth-order valence-corrected chi connectivity index (χ4v) is 3.36. The van der Waals surface area contributed by atoms with E-state index in [9.17, 15) is 0 Å². The molecule has 1 N–H and O–H groups in total. The number of rotatable bonds is 6. The summed E-state index contributed by atoms with van der Waals surface area (Å²) >= 11 is 0. The molecular formula is C19H25NO2. The van der Waals surface area contributed by atoms with Gasteiger partial charge in [-0.3, -0.25) is 4.90 Å². The quantitative estimate of drug-likeness (QED) is 0.885. The Labute approximate surface area is 132 Å². The number of piperidine rings is 1. The SMILES string of the molecule is OCc1ccc(CN2CCCC(CCc3ccccc3)C2)o1. The van der Waals surface area contributed by atoms with Crippen molar-refractivity contribution in [2.45, 2.75) is 38.8 Å². The average Bonchev–Trinajstić information content (AvgIpc) is 3.02. The summed E-state index contributed by atoms with van der Waals surface area (Å²) in [6.45, 7) is 3.15. The fourth-order valence-electron chi connectivity index (χ4n) is 3.36. The first-order valence-corrected chi connectivity index (χ1v) is 8.28. The zero-order chi connectivity index (χ0) is 15.2. The molecule has 3 rings (SSSR count). The number of benzene rings is 1. The molecule has 1 aliphatic heterocycles. The number of furan rings is 1. The molecule has 1 aliphatic rings. The Kier molecular flexibility index (Phi) is 5.30. The number of nitrogens with zero attached hydrogens (tertiary/aromatic N) is 1. The molecular weight excluding hydrogens is 274 g/mol. The van der Waals surface area contributed by atoms with Gasteiger partial charge in [0, 0.05) is 6.54 Å². The van der Waals surface area contributed by atoms with Gasteiger partial charge in [0.1, 0.15) is 18.1 Å². The minimum Gasteiger partial charge on any atom is -0.462 e. The van der Waals surface area contributed by atoms with E-state index in [2.05, 4.69) is 35.2 Å². The Morgan fingerprint density at radius 1 is 1.09 bits per heavy atom. The Morgan fingerprint density at radius 3 is 2.68 bits per heavy atom. The van der Waals surface area contributed by atoms with Crippen LogP contribution < -0.4 is 0 Å². The maximum atomic E-state index is 9.07. The number of hydrogen-bond donors (Lipinski definition) is 1. The van der Waals surface area contributed by atoms with Crippen molar-refractivity contribution >= 4 is 0 Å². The van der Waals surface area contributed by atoms with Crippen LogP contribution in [0.1, 0.15) is 36.3 Å². The van der Waals surface area contributed by atoms with Gasteiger partial charge in [-0.25, -0.2) is 0 Å². The summed E-state index contributed by atoms with van der Waals surface area (Å²) < 4.78 is 5.61. The Balaban J connectivity index is 1.48. The van der Waals surface area contributed by atoms with Crippen LogP contribution in [0.5, 0.6) is 0 Å². The lowest BCUT2D eigenvalue weighted by molar-refractivity contribution is 0.149. The molecule has 1 atom stereocenters. The number of aliphatic hydroxyl groups is 1. The Bertz CT molecular complexity index is 564. The predicted molar refractivity (Wildman–Crippen MR) is 87.4 cm³/mol. The third-order valence-electron chi connectivity index (χ3n) is 4.54. The maximum absolute atomic E-state index is 9.07. The summed E-state index contributed by atoms with van der Waals surface area (Å²) in [6, 6.07) is 14.6. The Morgan fingerprint density at radius 2 is 1.91 bits per heavy atom. The molecule has 1 saturated heterocycles. The van der Waals surface area contributed by atoms with Crippen LogP contribution in [0.25, 0.3) is 0 Å². The molecule has 0 amide bonds. The van der Waals surface area contributed by atoms with Crippen molar-refractivity contribution in [3.05, 3.63) is 59.5 Å². The van der Waals surface area contributed by atoms with Crippen LogP contribution in [0, 0.1) is 5.92 Å². The van der Waals surface area contributed by atoms with Crippen LogP contribution in [0.3, 0.4) is 0 Å². The molecule has 22 heavy (non-hydrogen) atoms. The zero-order valence-electron chi connectivity index (χ0n) is 13.1. The van der Waals surface area contributed by atoms with E-state index in [0.717, 1.165) is 31.3 Å². The normalized spacial score (nSPS) is 19.4. The first kappa shape index (κ1) is 15.3. The van der Waals surface area contributed by atoms with Gasteiger partial charge < -0.3 is 9.52 Å². The van der Waals surface area contributed by atoms with Crippen molar-refractivity contribution < 1.29 is 9.52 Å². The van der Waals surface area contributed by atoms with Gasteiger partial charge in [0.05, 0.1) is 6.54 Å². The molecule has 1 aromatic carbocycles. The van der Waals surface area contributed by atoms with E-state index in [1.165, 1.54) is 31.2 Å². The van der Waals surface area contributed by atoms with Gasteiger partial charge in [-0.2, -0.15) is 0 Å². The second-order valence-electron chi connectivity index (χ2n) is 6.29. The number of aryl methyl sites for hydroxylation is 1. The minimum absolute atomic E-state index is 0.0142. The van der Waals surface area contributed by atoms with E-state index in [1.54, 1.807) is 0 Å². The lowest BCUT2D eigenvalue weighted by Gasteiger charge is -2.32. The van der Waals surface area contributed by atoms with Gasteiger partial charge in [-0.15, -0.1) is 0 Å². The molecule has 2 heterocycles. The molecule has 0 aliphatic carbocycles. The molecule has 2 aromatic rings. The molecule has 1 aromatic heterocycles. The lowest BCUT2D eigenvalue weighted by atomic mass is 9.91. The molecule has 0 saturated carbocycles. The Hall–Kier alpha value is -1.58. The van der Waals surface area contributed by atoms with E-state index in [4.69, 9.17) is 9.52 Å². The summed E-state index contributed by atoms with van der Waals surface area (Å²) in [5.41, 5.74) is 1.44. The van der Waals surface area contributed by atoms with Crippen LogP contribution in [0.2, 0.25) is 0 Å². The smallest absolute Gasteiger partial charge is 0.129 e. The van der Waals surface area contributed by atoms with Gasteiger partial charge >= 0.3 is 0 Å². The van der Waals surface area contributed by atoms with Crippen LogP contribution in [0.15, 0.2) is 46.9 Å². The van der Waals surface area contributed by atoms with Crippen molar-refractivity contribution in [1.29, 1.82) is 0 Å². The molecule has 1 unspecified atom stereocenters. The van der Waals surface area contributed by atoms with Crippen molar-refractivity contribution in [1.82, 2.24) is 4.90 Å². The molecule has 0 radical (unpaired) electrons. The first-order chi connectivity index (χ1) is 10.8. The monoisotopic (exact) mass is 299 g/mol. The van der Waals surface area contributed by atoms with Crippen LogP contribution in [-0.4, -0.2) is 23.1 Å². The number of aliphatic hydroxyl groups excluding tert-OH is 1. The van der Waals surface area contributed by atoms with Crippen LogP contribution in [0.4, 0.5) is 0 Å². The van der Waals surface area contributed by atoms with Gasteiger partial charge in [0.15, 0.2) is 0 Å². The first-order valence-electron chi connectivity index (χ1n) is 8.28. The second kappa shape index (κ2) is 7.61. The lowest BCUT2D eigenvalue weighted by Crippen LogP contribution is -2.35. The molecule has 0 spiro atoms. The van der Waals surface area contributed by atoms with Crippen molar-refractivity contribution in [2.24, 2.45) is 5.92 Å². The minimum atomic E-state index is -0.0142. The van der Waals surface area contributed by atoms with Gasteiger partial charge in [-0.1, -0.05) is 30.3 Å². The molecule has 3 nitrogen and oxygen atoms in total. The summed E-state index contributed by atoms with van der Waals surface area (Å²) in [6.07, 6.45) is 5.05. The summed E-state index contributed by atoms with van der Waals surface area (Å²) in [5.74, 6) is 2.40. The highest BCUT2D eigenvalue weighted by atomic mass is 16.4. The van der Waals surface area contributed by atoms with E-state index >= 15 is 0 Å². The van der Waals surface area contributed by atoms with Gasteiger partial charge in [-0.05, 0) is 55.8 Å². The highest BCUT2D eigenvalue weighted by molar-refractivity contribution is 5.14. The summed E-state index contributed by atoms with van der Waals surface area (Å²) in [7, 11) is 0. The van der Waals surface area contributed by atoms with Gasteiger partial charge in [0.25, 0.3) is 0 Å². The highest BCUT2D eigenvalue weighted by Crippen LogP contribution is 2.23. The van der Waals surface area contributed by atoms with E-state index in [-0.39, 0.29) is 6.61 Å². The van der Waals surface area contributed by atoms with E-state index in [1.807, 2.05) is 12.1 Å². The van der Waals surface area contributed by atoms with Crippen molar-refractivity contribution in [2.75, 3.05) is 13.1 Å². The number of hydrogen-bond acceptors (Lipinski definition) is 3. The fraction of sp³-hybridized carbons (Fsp3) is 0.474. The molecule has 0 bridgehead atoms. The summed E-state index contributed by atoms with van der Waals surface area (Å²) in [4.78, 5) is 2.49. The standard InChI is InChI=1S/C19H25NO2/c21-15-19-11-10-18(22-19)14-20-12-4-7-17(13-20)9-8-16-5-2-1-3-6-16/h1-3,5-6,10-11,17,21H,4,7-9,12-15H2. The molecule has 118 valence electrons. The second-order valence-corrected chi connectivity index (χ2v) is 6.29. The van der Waals surface area contributed by atoms with Crippen LogP contribution >= 0.6 is 0 Å². The molecule has 3 heteroatoms. The topological polar surface area (TPSA) is 36.6 Å². The average molecular weight is 299 g/mol. The van der Waals surface area contributed by atoms with Crippen molar-refractivity contribution in [3.8, 4) is 0 Å². The molecule has 1 fully saturated rings. The van der Waals surface area contributed by atoms with E-state index in [0.29, 0.717) is 5.76 Å². The number of likely N-dealkylation sites (tertiary alicyclic amines) is 1. The maximum Gasteiger partial charge on any atom is 0.129 e. The van der Waals surface area contributed by atoms with E-state index < -0.39 is 0 Å². The zero-order valence-corrected chi connectivity index (χ0v) is 13.1. The van der Waals surface area contributed by atoms with Crippen molar-refractivity contribution in [3.63, 3.8) is 0 Å². The predicted octanol–water partition coefficient (Wildman–Crippen LogP) is 3.62. The van der Waals surface area contributed by atoms with Gasteiger partial charge in [0.2, 0.25) is 0 Å². The third kappa shape index (κ3) is 4.21. The summed E-state index contributed by atoms with van der Waals surface area (Å²) in [5, 5.41) is 9.07.